The van der Waals surface area contributed by atoms with Crippen LogP contribution in [-0.4, -0.2) is 19.3 Å². The van der Waals surface area contributed by atoms with E-state index in [0.717, 1.165) is 24.2 Å². The minimum atomic E-state index is 0.235. The fourth-order valence-corrected chi connectivity index (χ4v) is 2.01. The highest BCUT2D eigenvalue weighted by atomic mass is 16.5. The zero-order valence-electron chi connectivity index (χ0n) is 11.2. The number of methoxy groups -OCH3 is 2. The molecule has 0 saturated carbocycles. The molecule has 1 N–H and O–H groups in total. The normalized spacial score (nSPS) is 10.2. The fourth-order valence-electron chi connectivity index (χ4n) is 2.01. The van der Waals surface area contributed by atoms with Gasteiger partial charge >= 0.3 is 0 Å². The maximum absolute atomic E-state index is 10.0. The van der Waals surface area contributed by atoms with E-state index in [4.69, 9.17) is 9.47 Å². The first-order chi connectivity index (χ1) is 9.24. The van der Waals surface area contributed by atoms with Gasteiger partial charge in [-0.25, -0.2) is 0 Å². The van der Waals surface area contributed by atoms with Gasteiger partial charge < -0.3 is 14.6 Å². The van der Waals surface area contributed by atoms with Crippen LogP contribution >= 0.6 is 0 Å². The molecule has 2 aromatic carbocycles. The summed E-state index contributed by atoms with van der Waals surface area (Å²) in [5, 5.41) is 10.0. The largest absolute Gasteiger partial charge is 0.504 e. The Kier molecular flexibility index (Phi) is 4.29. The number of aromatic hydroxyl groups is 1. The number of para-hydroxylation sites is 1. The molecule has 19 heavy (non-hydrogen) atoms. The highest BCUT2D eigenvalue weighted by Gasteiger charge is 2.07. The lowest BCUT2D eigenvalue weighted by molar-refractivity contribution is 0.370. The van der Waals surface area contributed by atoms with E-state index in [1.807, 2.05) is 36.4 Å². The Morgan fingerprint density at radius 2 is 1.63 bits per heavy atom. The molecule has 2 rings (SSSR count). The van der Waals surface area contributed by atoms with Gasteiger partial charge in [0.1, 0.15) is 5.75 Å². The first-order valence-corrected chi connectivity index (χ1v) is 6.22. The summed E-state index contributed by atoms with van der Waals surface area (Å²) in [7, 11) is 3.21. The zero-order valence-corrected chi connectivity index (χ0v) is 11.2. The predicted molar refractivity (Wildman–Crippen MR) is 75.1 cm³/mol. The first kappa shape index (κ1) is 13.3. The third-order valence-corrected chi connectivity index (χ3v) is 3.14. The Balaban J connectivity index is 2.05. The molecule has 0 aliphatic heterocycles. The average Bonchev–Trinajstić information content (AvgIpc) is 2.47. The van der Waals surface area contributed by atoms with Crippen LogP contribution in [0.3, 0.4) is 0 Å². The molecule has 0 amide bonds. The van der Waals surface area contributed by atoms with E-state index < -0.39 is 0 Å². The van der Waals surface area contributed by atoms with Gasteiger partial charge in [-0.2, -0.15) is 0 Å². The third-order valence-electron chi connectivity index (χ3n) is 3.14. The monoisotopic (exact) mass is 258 g/mol. The molecular weight excluding hydrogens is 240 g/mol. The molecule has 0 atom stereocenters. The number of hydrogen-bond donors (Lipinski definition) is 1. The molecule has 0 radical (unpaired) electrons. The summed E-state index contributed by atoms with van der Waals surface area (Å²) in [6.45, 7) is 0. The molecular formula is C16H18O3. The van der Waals surface area contributed by atoms with Crippen LogP contribution in [-0.2, 0) is 12.8 Å². The van der Waals surface area contributed by atoms with Gasteiger partial charge in [0.25, 0.3) is 0 Å². The van der Waals surface area contributed by atoms with E-state index >= 15 is 0 Å². The van der Waals surface area contributed by atoms with Crippen LogP contribution in [0, 0.1) is 0 Å². The number of benzene rings is 2. The Morgan fingerprint density at radius 3 is 2.26 bits per heavy atom. The maximum atomic E-state index is 10.0. The van der Waals surface area contributed by atoms with Crippen LogP contribution in [0.2, 0.25) is 0 Å². The minimum absolute atomic E-state index is 0.235. The second-order valence-electron chi connectivity index (χ2n) is 4.32. The molecule has 0 aliphatic carbocycles. The smallest absolute Gasteiger partial charge is 0.160 e. The zero-order chi connectivity index (χ0) is 13.7. The van der Waals surface area contributed by atoms with Crippen LogP contribution in [0.15, 0.2) is 42.5 Å². The van der Waals surface area contributed by atoms with Crippen molar-refractivity contribution in [1.82, 2.24) is 0 Å². The van der Waals surface area contributed by atoms with Crippen LogP contribution in [0.4, 0.5) is 0 Å². The molecule has 0 saturated heterocycles. The van der Waals surface area contributed by atoms with Crippen molar-refractivity contribution >= 4 is 0 Å². The standard InChI is InChI=1S/C16H18O3/c1-18-14-10-7-12(8-11-14)6-9-13-4-3-5-15(19-2)16(13)17/h3-5,7-8,10-11,17H,6,9H2,1-2H3. The van der Waals surface area contributed by atoms with Crippen LogP contribution in [0.1, 0.15) is 11.1 Å². The van der Waals surface area contributed by atoms with Gasteiger partial charge in [0.2, 0.25) is 0 Å². The van der Waals surface area contributed by atoms with Crippen LogP contribution in [0.25, 0.3) is 0 Å². The summed E-state index contributed by atoms with van der Waals surface area (Å²) in [6, 6.07) is 13.5. The van der Waals surface area contributed by atoms with Gasteiger partial charge in [-0.15, -0.1) is 0 Å². The second kappa shape index (κ2) is 6.14. The van der Waals surface area contributed by atoms with Crippen molar-refractivity contribution in [2.75, 3.05) is 14.2 Å². The number of phenolic OH excluding ortho intramolecular Hbond substituents is 1. The van der Waals surface area contributed by atoms with E-state index in [-0.39, 0.29) is 5.75 Å². The van der Waals surface area contributed by atoms with Crippen molar-refractivity contribution in [1.29, 1.82) is 0 Å². The second-order valence-corrected chi connectivity index (χ2v) is 4.32. The van der Waals surface area contributed by atoms with Crippen molar-refractivity contribution in [3.8, 4) is 17.2 Å². The van der Waals surface area contributed by atoms with Gasteiger partial charge in [-0.3, -0.25) is 0 Å². The first-order valence-electron chi connectivity index (χ1n) is 6.22. The van der Waals surface area contributed by atoms with Gasteiger partial charge in [0, 0.05) is 0 Å². The van der Waals surface area contributed by atoms with Crippen molar-refractivity contribution in [2.45, 2.75) is 12.8 Å². The number of hydrogen-bond acceptors (Lipinski definition) is 3. The number of ether oxygens (including phenoxy) is 2. The number of aryl methyl sites for hydroxylation is 2. The molecule has 3 nitrogen and oxygen atoms in total. The van der Waals surface area contributed by atoms with Gasteiger partial charge in [0.05, 0.1) is 14.2 Å². The summed E-state index contributed by atoms with van der Waals surface area (Å²) in [5.74, 6) is 1.61. The van der Waals surface area contributed by atoms with E-state index in [9.17, 15) is 5.11 Å². The summed E-state index contributed by atoms with van der Waals surface area (Å²) in [6.07, 6.45) is 1.64. The Morgan fingerprint density at radius 1 is 0.895 bits per heavy atom. The van der Waals surface area contributed by atoms with E-state index in [0.29, 0.717) is 5.75 Å². The van der Waals surface area contributed by atoms with Gasteiger partial charge in [0.15, 0.2) is 11.5 Å². The Hall–Kier alpha value is -2.16. The molecule has 0 aliphatic rings. The molecule has 2 aromatic rings. The van der Waals surface area contributed by atoms with Crippen LogP contribution in [0.5, 0.6) is 17.2 Å². The molecule has 0 fully saturated rings. The lowest BCUT2D eigenvalue weighted by Gasteiger charge is -2.09. The van der Waals surface area contributed by atoms with Crippen LogP contribution < -0.4 is 9.47 Å². The topological polar surface area (TPSA) is 38.7 Å². The molecule has 0 aromatic heterocycles. The number of rotatable bonds is 5. The molecule has 0 heterocycles. The highest BCUT2D eigenvalue weighted by Crippen LogP contribution is 2.30. The van der Waals surface area contributed by atoms with Crippen molar-refractivity contribution in [3.63, 3.8) is 0 Å². The SMILES string of the molecule is COc1ccc(CCc2cccc(OC)c2O)cc1. The third kappa shape index (κ3) is 3.19. The molecule has 0 bridgehead atoms. The highest BCUT2D eigenvalue weighted by molar-refractivity contribution is 5.45. The summed E-state index contributed by atoms with van der Waals surface area (Å²) in [4.78, 5) is 0. The summed E-state index contributed by atoms with van der Waals surface area (Å²) in [5.41, 5.74) is 2.11. The lowest BCUT2D eigenvalue weighted by Crippen LogP contribution is -1.94. The quantitative estimate of drug-likeness (QED) is 0.895. The predicted octanol–water partition coefficient (Wildman–Crippen LogP) is 3.19. The Bertz CT molecular complexity index is 532. The van der Waals surface area contributed by atoms with Gasteiger partial charge in [-0.1, -0.05) is 24.3 Å². The van der Waals surface area contributed by atoms with Gasteiger partial charge in [-0.05, 0) is 42.2 Å². The number of phenols is 1. The Labute approximate surface area is 113 Å². The molecule has 0 unspecified atom stereocenters. The lowest BCUT2D eigenvalue weighted by atomic mass is 10.0. The van der Waals surface area contributed by atoms with Crippen molar-refractivity contribution in [3.05, 3.63) is 53.6 Å². The van der Waals surface area contributed by atoms with E-state index in [2.05, 4.69) is 0 Å². The maximum Gasteiger partial charge on any atom is 0.160 e. The fraction of sp³-hybridized carbons (Fsp3) is 0.250. The summed E-state index contributed by atoms with van der Waals surface area (Å²) < 4.78 is 10.2. The van der Waals surface area contributed by atoms with Crippen molar-refractivity contribution in [2.24, 2.45) is 0 Å². The molecule has 3 heteroatoms. The molecule has 100 valence electrons. The molecule has 0 spiro atoms. The minimum Gasteiger partial charge on any atom is -0.504 e. The van der Waals surface area contributed by atoms with Crippen molar-refractivity contribution < 1.29 is 14.6 Å². The summed E-state index contributed by atoms with van der Waals surface area (Å²) >= 11 is 0. The van der Waals surface area contributed by atoms with E-state index in [1.54, 1.807) is 20.3 Å². The average molecular weight is 258 g/mol. The van der Waals surface area contributed by atoms with E-state index in [1.165, 1.54) is 5.56 Å².